The lowest BCUT2D eigenvalue weighted by atomic mass is 10.1. The van der Waals surface area contributed by atoms with E-state index in [1.165, 1.54) is 7.11 Å². The molecule has 0 saturated carbocycles. The van der Waals surface area contributed by atoms with Crippen LogP contribution in [0.15, 0.2) is 12.1 Å². The third-order valence-electron chi connectivity index (χ3n) is 2.59. The van der Waals surface area contributed by atoms with Crippen LogP contribution in [0.2, 0.25) is 0 Å². The molecule has 1 atom stereocenters. The Morgan fingerprint density at radius 1 is 1.38 bits per heavy atom. The van der Waals surface area contributed by atoms with E-state index in [0.29, 0.717) is 25.1 Å². The molecule has 1 unspecified atom stereocenters. The van der Waals surface area contributed by atoms with Crippen LogP contribution in [0.25, 0.3) is 0 Å². The monoisotopic (exact) mass is 302 g/mol. The Balaban J connectivity index is 2.61. The average molecular weight is 302 g/mol. The number of hydrogen-bond donors (Lipinski definition) is 2. The first-order valence-corrected chi connectivity index (χ1v) is 6.56. The van der Waals surface area contributed by atoms with Crippen molar-refractivity contribution in [3.8, 4) is 5.75 Å². The zero-order valence-electron chi connectivity index (χ0n) is 12.1. The maximum Gasteiger partial charge on any atom is 0.258 e. The fourth-order valence-electron chi connectivity index (χ4n) is 1.72. The molecule has 7 heteroatoms. The second-order valence-corrected chi connectivity index (χ2v) is 4.70. The normalized spacial score (nSPS) is 12.0. The first-order valence-electron chi connectivity index (χ1n) is 6.56. The number of carbonyl (C=O) groups excluding carboxylic acids is 1. The summed E-state index contributed by atoms with van der Waals surface area (Å²) in [5.41, 5.74) is 6.02. The van der Waals surface area contributed by atoms with Gasteiger partial charge >= 0.3 is 0 Å². The molecule has 1 aromatic rings. The van der Waals surface area contributed by atoms with Crippen LogP contribution in [0.3, 0.4) is 0 Å². The highest BCUT2D eigenvalue weighted by Crippen LogP contribution is 2.23. The van der Waals surface area contributed by atoms with Crippen molar-refractivity contribution in [2.75, 3.05) is 26.9 Å². The second kappa shape index (κ2) is 8.53. The molecular weight excluding hydrogens is 282 g/mol. The maximum absolute atomic E-state index is 13.8. The highest BCUT2D eigenvalue weighted by atomic mass is 19.1. The minimum atomic E-state index is -0.852. The maximum atomic E-state index is 13.8. The summed E-state index contributed by atoms with van der Waals surface area (Å²) in [6.45, 7) is 1.92. The number of hydrogen-bond acceptors (Lipinski definition) is 4. The summed E-state index contributed by atoms with van der Waals surface area (Å²) in [7, 11) is 1.50. The van der Waals surface area contributed by atoms with Gasteiger partial charge < -0.3 is 20.5 Å². The molecule has 0 spiro atoms. The topological polar surface area (TPSA) is 73.6 Å². The summed E-state index contributed by atoms with van der Waals surface area (Å²) in [4.78, 5) is 11.4. The van der Waals surface area contributed by atoms with Gasteiger partial charge in [0.25, 0.3) is 5.91 Å². The van der Waals surface area contributed by atoms with Crippen molar-refractivity contribution in [3.05, 3.63) is 29.3 Å². The minimum absolute atomic E-state index is 0.206. The van der Waals surface area contributed by atoms with Gasteiger partial charge in [-0.05, 0) is 31.0 Å². The molecule has 1 amide bonds. The number of halogens is 2. The molecule has 21 heavy (non-hydrogen) atoms. The van der Waals surface area contributed by atoms with Crippen LogP contribution in [0.5, 0.6) is 5.75 Å². The van der Waals surface area contributed by atoms with E-state index in [9.17, 15) is 13.6 Å². The van der Waals surface area contributed by atoms with Gasteiger partial charge in [0, 0.05) is 19.7 Å². The van der Waals surface area contributed by atoms with Crippen molar-refractivity contribution in [1.29, 1.82) is 0 Å². The Morgan fingerprint density at radius 3 is 2.52 bits per heavy atom. The molecule has 3 N–H and O–H groups in total. The van der Waals surface area contributed by atoms with Gasteiger partial charge in [0.15, 0.2) is 24.0 Å². The van der Waals surface area contributed by atoms with Crippen LogP contribution in [-0.4, -0.2) is 38.8 Å². The molecule has 5 nitrogen and oxygen atoms in total. The van der Waals surface area contributed by atoms with E-state index in [1.54, 1.807) is 6.92 Å². The number of amides is 1. The number of benzene rings is 1. The molecule has 0 aromatic heterocycles. The molecular formula is C14H20F2N2O3. The van der Waals surface area contributed by atoms with E-state index in [-0.39, 0.29) is 6.04 Å². The first-order chi connectivity index (χ1) is 9.93. The van der Waals surface area contributed by atoms with Crippen molar-refractivity contribution in [3.63, 3.8) is 0 Å². The number of nitrogens with two attached hydrogens (primary N) is 1. The summed E-state index contributed by atoms with van der Waals surface area (Å²) in [5.74, 6) is -2.75. The molecule has 1 aromatic carbocycles. The minimum Gasteiger partial charge on any atom is -0.478 e. The summed E-state index contributed by atoms with van der Waals surface area (Å²) < 4.78 is 37.2. The van der Waals surface area contributed by atoms with Crippen LogP contribution < -0.4 is 15.8 Å². The Kier molecular flexibility index (Phi) is 7.04. The average Bonchev–Trinajstić information content (AvgIpc) is 2.37. The van der Waals surface area contributed by atoms with E-state index >= 15 is 0 Å². The van der Waals surface area contributed by atoms with Gasteiger partial charge in [-0.15, -0.1) is 0 Å². The third kappa shape index (κ3) is 6.05. The van der Waals surface area contributed by atoms with Crippen molar-refractivity contribution >= 4 is 5.91 Å². The van der Waals surface area contributed by atoms with Crippen LogP contribution in [0.1, 0.15) is 12.5 Å². The molecule has 0 aliphatic rings. The van der Waals surface area contributed by atoms with E-state index < -0.39 is 29.9 Å². The van der Waals surface area contributed by atoms with Crippen molar-refractivity contribution < 1.29 is 23.0 Å². The molecule has 0 radical (unpaired) electrons. The lowest BCUT2D eigenvalue weighted by Crippen LogP contribution is -2.31. The molecule has 118 valence electrons. The lowest BCUT2D eigenvalue weighted by Gasteiger charge is -2.11. The summed E-state index contributed by atoms with van der Waals surface area (Å²) >= 11 is 0. The Bertz CT molecular complexity index is 458. The smallest absolute Gasteiger partial charge is 0.258 e. The second-order valence-electron chi connectivity index (χ2n) is 4.70. The Morgan fingerprint density at radius 2 is 2.00 bits per heavy atom. The van der Waals surface area contributed by atoms with E-state index in [2.05, 4.69) is 5.32 Å². The van der Waals surface area contributed by atoms with Crippen molar-refractivity contribution in [2.45, 2.75) is 19.4 Å². The van der Waals surface area contributed by atoms with Gasteiger partial charge in [0.05, 0.1) is 6.61 Å². The fraction of sp³-hybridized carbons (Fsp3) is 0.500. The van der Waals surface area contributed by atoms with Crippen LogP contribution in [-0.2, 0) is 16.0 Å². The van der Waals surface area contributed by atoms with Crippen molar-refractivity contribution in [2.24, 2.45) is 5.73 Å². The van der Waals surface area contributed by atoms with E-state index in [1.807, 2.05) is 0 Å². The number of nitrogens with one attached hydrogen (secondary N) is 1. The molecule has 0 bridgehead atoms. The molecule has 0 aliphatic heterocycles. The number of ether oxygens (including phenoxy) is 2. The lowest BCUT2D eigenvalue weighted by molar-refractivity contribution is -0.123. The van der Waals surface area contributed by atoms with Crippen LogP contribution >= 0.6 is 0 Å². The Labute approximate surface area is 122 Å². The molecule has 1 rings (SSSR count). The van der Waals surface area contributed by atoms with Gasteiger partial charge in [-0.3, -0.25) is 4.79 Å². The molecule has 0 fully saturated rings. The zero-order chi connectivity index (χ0) is 15.8. The predicted molar refractivity (Wildman–Crippen MR) is 74.1 cm³/mol. The number of rotatable bonds is 8. The van der Waals surface area contributed by atoms with Gasteiger partial charge in [-0.2, -0.15) is 0 Å². The summed E-state index contributed by atoms with van der Waals surface area (Å²) in [6.07, 6.45) is 0.353. The molecule has 0 aliphatic carbocycles. The van der Waals surface area contributed by atoms with E-state index in [0.717, 1.165) is 12.1 Å². The number of carbonyl (C=O) groups is 1. The van der Waals surface area contributed by atoms with Gasteiger partial charge in [0.2, 0.25) is 0 Å². The first kappa shape index (κ1) is 17.3. The van der Waals surface area contributed by atoms with Gasteiger partial charge in [-0.1, -0.05) is 0 Å². The fourth-order valence-corrected chi connectivity index (χ4v) is 1.72. The summed E-state index contributed by atoms with van der Waals surface area (Å²) in [6, 6.07) is 2.11. The summed E-state index contributed by atoms with van der Waals surface area (Å²) in [5, 5.41) is 2.48. The van der Waals surface area contributed by atoms with Gasteiger partial charge in [0.1, 0.15) is 0 Å². The quantitative estimate of drug-likeness (QED) is 0.703. The highest BCUT2D eigenvalue weighted by molar-refractivity contribution is 5.77. The largest absolute Gasteiger partial charge is 0.478 e. The van der Waals surface area contributed by atoms with Gasteiger partial charge in [-0.25, -0.2) is 8.78 Å². The standard InChI is InChI=1S/C14H20F2N2O3/c1-9(17)5-10-6-11(15)14(12(16)7-10)21-8-13(19)18-3-4-20-2/h6-7,9H,3-5,8,17H2,1-2H3,(H,18,19). The SMILES string of the molecule is COCCNC(=O)COc1c(F)cc(CC(C)N)cc1F. The highest BCUT2D eigenvalue weighted by Gasteiger charge is 2.14. The molecule has 0 heterocycles. The molecule has 0 saturated heterocycles. The zero-order valence-corrected chi connectivity index (χ0v) is 12.1. The van der Waals surface area contributed by atoms with Crippen LogP contribution in [0.4, 0.5) is 8.78 Å². The number of methoxy groups -OCH3 is 1. The Hall–Kier alpha value is -1.73. The third-order valence-corrected chi connectivity index (χ3v) is 2.59. The van der Waals surface area contributed by atoms with Crippen LogP contribution in [0, 0.1) is 11.6 Å². The van der Waals surface area contributed by atoms with Crippen molar-refractivity contribution in [1.82, 2.24) is 5.32 Å². The van der Waals surface area contributed by atoms with E-state index in [4.69, 9.17) is 15.2 Å². The predicted octanol–water partition coefficient (Wildman–Crippen LogP) is 0.996.